The molecule has 0 N–H and O–H groups in total. The minimum atomic E-state index is 0.880. The minimum absolute atomic E-state index is 0.880. The van der Waals surface area contributed by atoms with Gasteiger partial charge in [-0.3, -0.25) is 0 Å². The van der Waals surface area contributed by atoms with Crippen molar-refractivity contribution in [2.45, 2.75) is 19.3 Å². The summed E-state index contributed by atoms with van der Waals surface area (Å²) in [5.74, 6) is 0. The van der Waals surface area contributed by atoms with Crippen molar-refractivity contribution in [2.24, 2.45) is 0 Å². The predicted octanol–water partition coefficient (Wildman–Crippen LogP) is 4.28. The van der Waals surface area contributed by atoms with E-state index in [9.17, 15) is 0 Å². The van der Waals surface area contributed by atoms with Gasteiger partial charge in [-0.05, 0) is 17.6 Å². The van der Waals surface area contributed by atoms with Gasteiger partial charge in [0.05, 0.1) is 0 Å². The Morgan fingerprint density at radius 2 is 1.38 bits per heavy atom. The third-order valence-corrected chi connectivity index (χ3v) is 3.10. The van der Waals surface area contributed by atoms with Crippen LogP contribution in [0, 0.1) is 0 Å². The lowest BCUT2D eigenvalue weighted by Gasteiger charge is -2.02. The summed E-state index contributed by atoms with van der Waals surface area (Å²) in [5, 5.41) is 1.91. The van der Waals surface area contributed by atoms with Gasteiger partial charge in [-0.2, -0.15) is 0 Å². The highest BCUT2D eigenvalue weighted by molar-refractivity contribution is 6.31. The van der Waals surface area contributed by atoms with Crippen molar-refractivity contribution in [3.63, 3.8) is 0 Å². The van der Waals surface area contributed by atoms with Crippen molar-refractivity contribution >= 4 is 23.2 Å². The highest BCUT2D eigenvalue weighted by atomic mass is 35.5. The molecule has 2 aliphatic rings. The molecule has 0 aromatic rings. The van der Waals surface area contributed by atoms with E-state index in [4.69, 9.17) is 23.2 Å². The van der Waals surface area contributed by atoms with Gasteiger partial charge in [-0.1, -0.05) is 47.5 Å². The van der Waals surface area contributed by atoms with Crippen LogP contribution in [-0.4, -0.2) is 0 Å². The van der Waals surface area contributed by atoms with Crippen molar-refractivity contribution in [3.8, 4) is 0 Å². The van der Waals surface area contributed by atoms with E-state index in [1.807, 2.05) is 0 Å². The van der Waals surface area contributed by atoms with Gasteiger partial charge in [0.25, 0.3) is 0 Å². The van der Waals surface area contributed by atoms with Gasteiger partial charge in [0.15, 0.2) is 0 Å². The monoisotopic (exact) mass is 212 g/mol. The first-order valence-electron chi connectivity index (χ1n) is 4.35. The summed E-state index contributed by atoms with van der Waals surface area (Å²) in [4.78, 5) is 0. The first-order valence-corrected chi connectivity index (χ1v) is 5.11. The van der Waals surface area contributed by atoms with E-state index in [0.29, 0.717) is 0 Å². The molecule has 2 heteroatoms. The largest absolute Gasteiger partial charge is 0.0885 e. The molecule has 0 heterocycles. The van der Waals surface area contributed by atoms with Crippen LogP contribution in [0.25, 0.3) is 0 Å². The van der Waals surface area contributed by atoms with Gasteiger partial charge in [0.1, 0.15) is 0 Å². The lowest BCUT2D eigenvalue weighted by atomic mass is 10.1. The molecular formula is C11H10Cl2. The third kappa shape index (κ3) is 1.90. The van der Waals surface area contributed by atoms with E-state index in [-0.39, 0.29) is 0 Å². The second-order valence-corrected chi connectivity index (χ2v) is 4.16. The SMILES string of the molecule is ClC1=C(CC2=C(Cl)CC=C2)C=CC1. The lowest BCUT2D eigenvalue weighted by Crippen LogP contribution is -1.83. The molecule has 0 fully saturated rings. The number of allylic oxidation sites excluding steroid dienone is 8. The maximum absolute atomic E-state index is 6.03. The molecule has 2 aliphatic carbocycles. The van der Waals surface area contributed by atoms with E-state index in [1.54, 1.807) is 0 Å². The second-order valence-electron chi connectivity index (χ2n) is 3.25. The van der Waals surface area contributed by atoms with Crippen LogP contribution < -0.4 is 0 Å². The van der Waals surface area contributed by atoms with Gasteiger partial charge in [0, 0.05) is 22.9 Å². The molecule has 0 aromatic carbocycles. The highest BCUT2D eigenvalue weighted by Crippen LogP contribution is 2.32. The zero-order valence-corrected chi connectivity index (χ0v) is 8.70. The van der Waals surface area contributed by atoms with E-state index in [2.05, 4.69) is 24.3 Å². The van der Waals surface area contributed by atoms with E-state index < -0.39 is 0 Å². The Labute approximate surface area is 88.2 Å². The number of halogens is 2. The molecule has 2 rings (SSSR count). The van der Waals surface area contributed by atoms with Crippen LogP contribution in [0.1, 0.15) is 19.3 Å². The Kier molecular flexibility index (Phi) is 2.61. The van der Waals surface area contributed by atoms with E-state index in [1.165, 1.54) is 11.1 Å². The summed E-state index contributed by atoms with van der Waals surface area (Å²) in [6, 6.07) is 0. The maximum Gasteiger partial charge on any atom is 0.0253 e. The highest BCUT2D eigenvalue weighted by Gasteiger charge is 2.12. The van der Waals surface area contributed by atoms with Crippen LogP contribution in [-0.2, 0) is 0 Å². The van der Waals surface area contributed by atoms with Crippen LogP contribution >= 0.6 is 23.2 Å². The molecule has 0 saturated heterocycles. The number of hydrogen-bond acceptors (Lipinski definition) is 0. The maximum atomic E-state index is 6.03. The molecular weight excluding hydrogens is 203 g/mol. The summed E-state index contributed by atoms with van der Waals surface area (Å²) in [7, 11) is 0. The molecule has 0 aliphatic heterocycles. The molecule has 0 atom stereocenters. The van der Waals surface area contributed by atoms with Crippen molar-refractivity contribution < 1.29 is 0 Å². The van der Waals surface area contributed by atoms with Crippen LogP contribution in [0.3, 0.4) is 0 Å². The van der Waals surface area contributed by atoms with Crippen molar-refractivity contribution in [2.75, 3.05) is 0 Å². The quantitative estimate of drug-likeness (QED) is 0.642. The Balaban J connectivity index is 2.14. The summed E-state index contributed by atoms with van der Waals surface area (Å²) >= 11 is 12.1. The van der Waals surface area contributed by atoms with Gasteiger partial charge >= 0.3 is 0 Å². The molecule has 13 heavy (non-hydrogen) atoms. The standard InChI is InChI=1S/C11H10Cl2/c12-10-5-1-3-8(10)7-9-4-2-6-11(9)13/h1-4H,5-7H2. The molecule has 0 aromatic heterocycles. The molecule has 0 nitrogen and oxygen atoms in total. The second kappa shape index (κ2) is 3.73. The normalized spacial score (nSPS) is 21.1. The number of rotatable bonds is 2. The van der Waals surface area contributed by atoms with Gasteiger partial charge < -0.3 is 0 Å². The smallest absolute Gasteiger partial charge is 0.0253 e. The molecule has 0 bridgehead atoms. The van der Waals surface area contributed by atoms with Crippen LogP contribution in [0.2, 0.25) is 0 Å². The topological polar surface area (TPSA) is 0 Å². The first kappa shape index (κ1) is 9.11. The zero-order chi connectivity index (χ0) is 9.26. The average molecular weight is 213 g/mol. The molecule has 68 valence electrons. The number of hydrogen-bond donors (Lipinski definition) is 0. The fourth-order valence-corrected chi connectivity index (χ4v) is 2.00. The lowest BCUT2D eigenvalue weighted by molar-refractivity contribution is 1.19. The minimum Gasteiger partial charge on any atom is -0.0885 e. The molecule has 0 saturated carbocycles. The van der Waals surface area contributed by atoms with Gasteiger partial charge in [-0.25, -0.2) is 0 Å². The third-order valence-electron chi connectivity index (χ3n) is 2.31. The Hall–Kier alpha value is -0.460. The summed E-state index contributed by atoms with van der Waals surface area (Å²) in [5.41, 5.74) is 2.42. The van der Waals surface area contributed by atoms with Gasteiger partial charge in [0.2, 0.25) is 0 Å². The summed E-state index contributed by atoms with van der Waals surface area (Å²) in [6.45, 7) is 0. The fraction of sp³-hybridized carbons (Fsp3) is 0.273. The van der Waals surface area contributed by atoms with E-state index in [0.717, 1.165) is 29.3 Å². The molecule has 0 unspecified atom stereocenters. The average Bonchev–Trinajstić information content (AvgIpc) is 2.65. The summed E-state index contributed by atoms with van der Waals surface area (Å²) < 4.78 is 0. The van der Waals surface area contributed by atoms with Gasteiger partial charge in [-0.15, -0.1) is 0 Å². The first-order chi connectivity index (χ1) is 6.27. The Morgan fingerprint density at radius 1 is 0.923 bits per heavy atom. The van der Waals surface area contributed by atoms with Crippen LogP contribution in [0.5, 0.6) is 0 Å². The fourth-order valence-electron chi connectivity index (χ4n) is 1.57. The Bertz CT molecular complexity index is 309. The Morgan fingerprint density at radius 3 is 1.69 bits per heavy atom. The summed E-state index contributed by atoms with van der Waals surface area (Å²) in [6.07, 6.45) is 11.0. The molecule has 0 spiro atoms. The van der Waals surface area contributed by atoms with E-state index >= 15 is 0 Å². The van der Waals surface area contributed by atoms with Crippen molar-refractivity contribution in [1.29, 1.82) is 0 Å². The van der Waals surface area contributed by atoms with Crippen molar-refractivity contribution in [1.82, 2.24) is 0 Å². The predicted molar refractivity (Wildman–Crippen MR) is 57.9 cm³/mol. The van der Waals surface area contributed by atoms with Crippen molar-refractivity contribution in [3.05, 3.63) is 45.5 Å². The zero-order valence-electron chi connectivity index (χ0n) is 7.19. The van der Waals surface area contributed by atoms with Crippen LogP contribution in [0.15, 0.2) is 45.5 Å². The molecule has 0 radical (unpaired) electrons. The van der Waals surface area contributed by atoms with Crippen LogP contribution in [0.4, 0.5) is 0 Å². The molecule has 0 amide bonds.